The molecule has 2 fully saturated rings. The van der Waals surface area contributed by atoms with Crippen LogP contribution in [-0.2, 0) is 30.8 Å². The summed E-state index contributed by atoms with van der Waals surface area (Å²) < 4.78 is 41.9. The van der Waals surface area contributed by atoms with Gasteiger partial charge in [-0.3, -0.25) is 9.59 Å². The molecule has 9 nitrogen and oxygen atoms in total. The summed E-state index contributed by atoms with van der Waals surface area (Å²) >= 11 is 6.41. The molecule has 11 heteroatoms. The van der Waals surface area contributed by atoms with Gasteiger partial charge in [-0.1, -0.05) is 50.1 Å². The number of rotatable bonds is 5. The van der Waals surface area contributed by atoms with E-state index in [1.165, 1.54) is 17.2 Å². The van der Waals surface area contributed by atoms with Crippen LogP contribution in [0.25, 0.3) is 0 Å². The van der Waals surface area contributed by atoms with Gasteiger partial charge in [0.1, 0.15) is 5.75 Å². The van der Waals surface area contributed by atoms with E-state index >= 15 is 0 Å². The number of sulfonamides is 1. The Kier molecular flexibility index (Phi) is 11.0. The number of carbonyl (C=O) groups is 2. The zero-order chi connectivity index (χ0) is 33.8. The summed E-state index contributed by atoms with van der Waals surface area (Å²) in [5.41, 5.74) is 3.15. The smallest absolute Gasteiger partial charge is 0.264 e. The first-order valence-corrected chi connectivity index (χ1v) is 19.4. The maximum absolute atomic E-state index is 13.9. The molecule has 6 rings (SSSR count). The average molecular weight is 698 g/mol. The lowest BCUT2D eigenvalue weighted by atomic mass is 9.71. The fourth-order valence-electron chi connectivity index (χ4n) is 7.63. The number of halogens is 1. The number of hydrogen-bond donors (Lipinski definition) is 1. The minimum atomic E-state index is -4.24. The summed E-state index contributed by atoms with van der Waals surface area (Å²) in [6.07, 6.45) is 9.96. The molecule has 48 heavy (non-hydrogen) atoms. The topological polar surface area (TPSA) is 105 Å². The zero-order valence-corrected chi connectivity index (χ0v) is 29.6. The molecule has 3 heterocycles. The first-order valence-electron chi connectivity index (χ1n) is 17.5. The molecule has 5 atom stereocenters. The second-order valence-electron chi connectivity index (χ2n) is 13.9. The highest BCUT2D eigenvalue weighted by Crippen LogP contribution is 2.43. The molecule has 1 saturated heterocycles. The van der Waals surface area contributed by atoms with Gasteiger partial charge in [-0.2, -0.15) is 0 Å². The molecule has 3 aliphatic heterocycles. The largest absolute Gasteiger partial charge is 0.491 e. The van der Waals surface area contributed by atoms with Gasteiger partial charge < -0.3 is 19.3 Å². The van der Waals surface area contributed by atoms with Gasteiger partial charge in [0.05, 0.1) is 36.3 Å². The van der Waals surface area contributed by atoms with Crippen molar-refractivity contribution in [2.45, 2.75) is 69.6 Å². The van der Waals surface area contributed by atoms with Crippen molar-refractivity contribution >= 4 is 39.1 Å². The molecule has 2 aromatic rings. The Morgan fingerprint density at radius 3 is 2.54 bits per heavy atom. The van der Waals surface area contributed by atoms with Crippen LogP contribution in [0.5, 0.6) is 5.75 Å². The van der Waals surface area contributed by atoms with Crippen LogP contribution in [0, 0.1) is 23.7 Å². The van der Waals surface area contributed by atoms with Crippen molar-refractivity contribution in [2.75, 3.05) is 50.9 Å². The summed E-state index contributed by atoms with van der Waals surface area (Å²) in [6.45, 7) is 7.84. The van der Waals surface area contributed by atoms with Crippen molar-refractivity contribution in [2.24, 2.45) is 23.7 Å². The Morgan fingerprint density at radius 1 is 1.02 bits per heavy atom. The van der Waals surface area contributed by atoms with Crippen molar-refractivity contribution in [3.8, 4) is 5.75 Å². The molecular weight excluding hydrogens is 650 g/mol. The second kappa shape index (κ2) is 15.2. The van der Waals surface area contributed by atoms with E-state index in [-0.39, 0.29) is 29.1 Å². The van der Waals surface area contributed by atoms with E-state index in [1.807, 2.05) is 13.0 Å². The van der Waals surface area contributed by atoms with Crippen LogP contribution in [0.4, 0.5) is 5.69 Å². The molecule has 2 amide bonds. The fraction of sp³-hybridized carbons (Fsp3) is 0.568. The number of benzene rings is 2. The Morgan fingerprint density at radius 2 is 1.79 bits per heavy atom. The van der Waals surface area contributed by atoms with Gasteiger partial charge in [-0.15, -0.1) is 0 Å². The highest BCUT2D eigenvalue weighted by Gasteiger charge is 2.36. The van der Waals surface area contributed by atoms with Crippen molar-refractivity contribution in [3.05, 3.63) is 64.7 Å². The molecule has 0 spiro atoms. The van der Waals surface area contributed by atoms with Gasteiger partial charge in [0.2, 0.25) is 11.8 Å². The number of carbonyl (C=O) groups excluding carboxylic acids is 2. The molecule has 1 aliphatic carbocycles. The Balaban J connectivity index is 1.33. The van der Waals surface area contributed by atoms with Gasteiger partial charge in [0.15, 0.2) is 0 Å². The van der Waals surface area contributed by atoms with E-state index in [2.05, 4.69) is 40.8 Å². The predicted octanol–water partition coefficient (Wildman–Crippen LogP) is 5.96. The molecule has 0 aromatic heterocycles. The van der Waals surface area contributed by atoms with E-state index in [0.29, 0.717) is 63.5 Å². The number of allylic oxidation sites excluding steroid dienone is 2. The second-order valence-corrected chi connectivity index (χ2v) is 16.0. The molecule has 2 aromatic carbocycles. The van der Waals surface area contributed by atoms with E-state index < -0.39 is 21.8 Å². The third-order valence-electron chi connectivity index (χ3n) is 10.7. The molecule has 1 saturated carbocycles. The number of ether oxygens (including phenoxy) is 2. The van der Waals surface area contributed by atoms with Gasteiger partial charge in [0, 0.05) is 43.5 Å². The summed E-state index contributed by atoms with van der Waals surface area (Å²) in [6, 6.07) is 11.0. The number of aryl methyl sites for hydroxylation is 1. The molecule has 0 unspecified atom stereocenters. The SMILES string of the molecule is CCCc1cc(Cl)ccc1[C@@H]1COc2ccc3cc2N(C1)C[C@@H]1CC[C@H]1C/C=C/C[C@H](C)[C@@H](CC(=O)N1CCOCC1)C(=O)NS3(=O)=O. The molecule has 260 valence electrons. The first-order chi connectivity index (χ1) is 23.1. The number of morpholine rings is 1. The average Bonchev–Trinajstić information content (AvgIpc) is 3.24. The maximum atomic E-state index is 13.9. The van der Waals surface area contributed by atoms with Crippen LogP contribution in [0.2, 0.25) is 5.02 Å². The molecule has 4 aliphatic rings. The fourth-order valence-corrected chi connectivity index (χ4v) is 8.87. The minimum Gasteiger partial charge on any atom is -0.491 e. The van der Waals surface area contributed by atoms with Crippen LogP contribution in [0.15, 0.2) is 53.4 Å². The summed E-state index contributed by atoms with van der Waals surface area (Å²) in [5, 5.41) is 0.717. The molecule has 1 N–H and O–H groups in total. The lowest BCUT2D eigenvalue weighted by Gasteiger charge is -2.41. The van der Waals surface area contributed by atoms with Crippen LogP contribution >= 0.6 is 11.6 Å². The van der Waals surface area contributed by atoms with Crippen LogP contribution in [-0.4, -0.2) is 71.1 Å². The van der Waals surface area contributed by atoms with E-state index in [9.17, 15) is 18.0 Å². The number of anilines is 1. The standard InChI is InChI=1S/C37H48ClN3O6S/c1-3-6-27-19-30(38)11-13-32(27)29-23-41-22-28-10-9-26(28)8-5-4-7-25(2)33(21-36(42)40-15-17-46-18-16-40)37(43)39-48(44,45)31-12-14-35(47-24-29)34(41)20-31/h4-5,11-14,19-20,25-26,28-29,33H,3,6-10,15-18,21-24H2,1-2H3,(H,39,43)/b5-4+/t25-,26+,28-,29-,33+/m0/s1. The monoisotopic (exact) mass is 697 g/mol. The minimum absolute atomic E-state index is 0.00266. The van der Waals surface area contributed by atoms with E-state index in [0.717, 1.165) is 49.4 Å². The number of amides is 2. The number of hydrogen-bond acceptors (Lipinski definition) is 7. The predicted molar refractivity (Wildman–Crippen MR) is 187 cm³/mol. The van der Waals surface area contributed by atoms with Gasteiger partial charge in [-0.05, 0) is 91.3 Å². The quantitative estimate of drug-likeness (QED) is 0.385. The number of fused-ring (bicyclic) bond motifs is 2. The van der Waals surface area contributed by atoms with E-state index in [1.54, 1.807) is 17.0 Å². The van der Waals surface area contributed by atoms with Gasteiger partial charge in [-0.25, -0.2) is 13.1 Å². The summed E-state index contributed by atoms with van der Waals surface area (Å²) in [7, 11) is -4.24. The van der Waals surface area contributed by atoms with Crippen molar-refractivity contribution in [1.82, 2.24) is 9.62 Å². The number of nitrogens with zero attached hydrogens (tertiary/aromatic N) is 2. The first kappa shape index (κ1) is 34.8. The van der Waals surface area contributed by atoms with Crippen molar-refractivity contribution in [1.29, 1.82) is 0 Å². The Bertz CT molecular complexity index is 1620. The highest BCUT2D eigenvalue weighted by atomic mass is 35.5. The Hall–Kier alpha value is -3.08. The zero-order valence-electron chi connectivity index (χ0n) is 28.0. The van der Waals surface area contributed by atoms with Crippen molar-refractivity contribution in [3.63, 3.8) is 0 Å². The van der Waals surface area contributed by atoms with Gasteiger partial charge >= 0.3 is 0 Å². The maximum Gasteiger partial charge on any atom is 0.264 e. The van der Waals surface area contributed by atoms with E-state index in [4.69, 9.17) is 21.1 Å². The lowest BCUT2D eigenvalue weighted by molar-refractivity contribution is -0.140. The molecular formula is C37H48ClN3O6S. The Labute approximate surface area is 290 Å². The lowest BCUT2D eigenvalue weighted by Crippen LogP contribution is -2.44. The summed E-state index contributed by atoms with van der Waals surface area (Å²) in [4.78, 5) is 31.0. The molecule has 2 bridgehead atoms. The third-order valence-corrected chi connectivity index (χ3v) is 12.3. The van der Waals surface area contributed by atoms with Crippen LogP contribution < -0.4 is 14.4 Å². The number of nitrogens with one attached hydrogen (secondary N) is 1. The highest BCUT2D eigenvalue weighted by molar-refractivity contribution is 7.90. The van der Waals surface area contributed by atoms with Gasteiger partial charge in [0.25, 0.3) is 10.0 Å². The molecule has 0 radical (unpaired) electrons. The normalized spacial score (nSPS) is 28.2. The van der Waals surface area contributed by atoms with Crippen LogP contribution in [0.1, 0.15) is 69.4 Å². The third kappa shape index (κ3) is 7.87. The van der Waals surface area contributed by atoms with Crippen LogP contribution in [0.3, 0.4) is 0 Å². The summed E-state index contributed by atoms with van der Waals surface area (Å²) in [5.74, 6) is -0.167. The van der Waals surface area contributed by atoms with Crippen molar-refractivity contribution < 1.29 is 27.5 Å².